The number of fused-ring (bicyclic) bond motifs is 1. The van der Waals surface area contributed by atoms with Gasteiger partial charge in [-0.3, -0.25) is 0 Å². The second-order valence-electron chi connectivity index (χ2n) is 5.44. The third-order valence-corrected chi connectivity index (χ3v) is 4.17. The molecule has 0 atom stereocenters. The van der Waals surface area contributed by atoms with Crippen molar-refractivity contribution in [3.63, 3.8) is 0 Å². The van der Waals surface area contributed by atoms with Crippen molar-refractivity contribution in [1.82, 2.24) is 0 Å². The Morgan fingerprint density at radius 3 is 2.19 bits per heavy atom. The summed E-state index contributed by atoms with van der Waals surface area (Å²) >= 11 is 0. The SMILES string of the molecule is Cc1ccc(-c2c(C#N)c(N)c(C#N)c3c2CCC3)cc1. The van der Waals surface area contributed by atoms with Crippen LogP contribution >= 0.6 is 0 Å². The Balaban J connectivity index is 2.38. The van der Waals surface area contributed by atoms with Gasteiger partial charge in [-0.05, 0) is 42.9 Å². The zero-order valence-electron chi connectivity index (χ0n) is 11.9. The van der Waals surface area contributed by atoms with Gasteiger partial charge in [-0.1, -0.05) is 29.8 Å². The number of benzene rings is 2. The van der Waals surface area contributed by atoms with Gasteiger partial charge in [0.25, 0.3) is 0 Å². The molecule has 0 unspecified atom stereocenters. The highest BCUT2D eigenvalue weighted by molar-refractivity contribution is 5.85. The summed E-state index contributed by atoms with van der Waals surface area (Å²) in [5.41, 5.74) is 12.6. The van der Waals surface area contributed by atoms with E-state index in [1.807, 2.05) is 31.2 Å². The number of nitrogen functional groups attached to an aromatic ring is 1. The Bertz CT molecular complexity index is 799. The van der Waals surface area contributed by atoms with Gasteiger partial charge in [0.15, 0.2) is 0 Å². The smallest absolute Gasteiger partial charge is 0.102 e. The lowest BCUT2D eigenvalue weighted by atomic mass is 9.88. The third-order valence-electron chi connectivity index (χ3n) is 4.17. The second kappa shape index (κ2) is 4.96. The van der Waals surface area contributed by atoms with E-state index in [1.54, 1.807) is 0 Å². The summed E-state index contributed by atoms with van der Waals surface area (Å²) in [6, 6.07) is 12.5. The molecule has 0 saturated carbocycles. The number of nitriles is 2. The highest BCUT2D eigenvalue weighted by Gasteiger charge is 2.26. The first kappa shape index (κ1) is 13.2. The maximum absolute atomic E-state index is 9.53. The van der Waals surface area contributed by atoms with Gasteiger partial charge in [0.2, 0.25) is 0 Å². The normalized spacial score (nSPS) is 12.5. The summed E-state index contributed by atoms with van der Waals surface area (Å²) in [5.74, 6) is 0. The summed E-state index contributed by atoms with van der Waals surface area (Å²) in [4.78, 5) is 0. The van der Waals surface area contributed by atoms with Gasteiger partial charge < -0.3 is 5.73 Å². The Hall–Kier alpha value is -2.78. The molecule has 0 aromatic heterocycles. The maximum atomic E-state index is 9.53. The predicted octanol–water partition coefficient (Wildman–Crippen LogP) is 3.48. The molecule has 0 aliphatic heterocycles. The first-order chi connectivity index (χ1) is 10.2. The molecule has 0 saturated heterocycles. The minimum atomic E-state index is 0.330. The molecule has 3 heteroatoms. The van der Waals surface area contributed by atoms with E-state index in [2.05, 4.69) is 12.1 Å². The van der Waals surface area contributed by atoms with Crippen molar-refractivity contribution in [3.8, 4) is 23.3 Å². The summed E-state index contributed by atoms with van der Waals surface area (Å²) in [5, 5.41) is 18.9. The van der Waals surface area contributed by atoms with Crippen LogP contribution in [0, 0.1) is 29.6 Å². The van der Waals surface area contributed by atoms with Gasteiger partial charge in [0, 0.05) is 5.56 Å². The van der Waals surface area contributed by atoms with E-state index >= 15 is 0 Å². The van der Waals surface area contributed by atoms with Gasteiger partial charge in [0.1, 0.15) is 12.1 Å². The fourth-order valence-corrected chi connectivity index (χ4v) is 3.15. The number of nitrogens with zero attached hydrogens (tertiary/aromatic N) is 2. The van der Waals surface area contributed by atoms with Crippen LogP contribution in [0.1, 0.15) is 34.2 Å². The molecular formula is C18H15N3. The van der Waals surface area contributed by atoms with Gasteiger partial charge in [-0.25, -0.2) is 0 Å². The van der Waals surface area contributed by atoms with Crippen molar-refractivity contribution in [2.45, 2.75) is 26.2 Å². The molecule has 0 spiro atoms. The fraction of sp³-hybridized carbons (Fsp3) is 0.222. The number of anilines is 1. The zero-order chi connectivity index (χ0) is 15.0. The molecule has 3 nitrogen and oxygen atoms in total. The van der Waals surface area contributed by atoms with E-state index in [4.69, 9.17) is 5.73 Å². The van der Waals surface area contributed by atoms with Crippen LogP contribution in [-0.4, -0.2) is 0 Å². The zero-order valence-corrected chi connectivity index (χ0v) is 11.9. The van der Waals surface area contributed by atoms with E-state index in [1.165, 1.54) is 5.56 Å². The van der Waals surface area contributed by atoms with Gasteiger partial charge >= 0.3 is 0 Å². The highest BCUT2D eigenvalue weighted by atomic mass is 14.6. The average Bonchev–Trinajstić information content (AvgIpc) is 2.96. The number of hydrogen-bond acceptors (Lipinski definition) is 3. The molecule has 21 heavy (non-hydrogen) atoms. The van der Waals surface area contributed by atoms with E-state index in [-0.39, 0.29) is 0 Å². The highest BCUT2D eigenvalue weighted by Crippen LogP contribution is 2.40. The molecule has 0 bridgehead atoms. The first-order valence-corrected chi connectivity index (χ1v) is 7.01. The van der Waals surface area contributed by atoms with E-state index in [9.17, 15) is 10.5 Å². The van der Waals surface area contributed by atoms with E-state index in [0.29, 0.717) is 16.8 Å². The minimum Gasteiger partial charge on any atom is -0.397 e. The van der Waals surface area contributed by atoms with Crippen LogP contribution in [-0.2, 0) is 12.8 Å². The van der Waals surface area contributed by atoms with Crippen LogP contribution in [0.2, 0.25) is 0 Å². The van der Waals surface area contributed by atoms with Crippen molar-refractivity contribution in [2.24, 2.45) is 0 Å². The summed E-state index contributed by atoms with van der Waals surface area (Å²) < 4.78 is 0. The molecular weight excluding hydrogens is 258 g/mol. The van der Waals surface area contributed by atoms with E-state index in [0.717, 1.165) is 41.5 Å². The Morgan fingerprint density at radius 2 is 1.57 bits per heavy atom. The summed E-state index contributed by atoms with van der Waals surface area (Å²) in [7, 11) is 0. The summed E-state index contributed by atoms with van der Waals surface area (Å²) in [6.45, 7) is 2.03. The fourth-order valence-electron chi connectivity index (χ4n) is 3.15. The van der Waals surface area contributed by atoms with Crippen molar-refractivity contribution in [1.29, 1.82) is 10.5 Å². The standard InChI is InChI=1S/C18H15N3/c1-11-5-7-12(8-6-11)17-14-4-2-3-13(14)15(9-19)18(21)16(17)10-20/h5-8H,2-4,21H2,1H3. The predicted molar refractivity (Wildman–Crippen MR) is 82.5 cm³/mol. The van der Waals surface area contributed by atoms with Crippen LogP contribution in [0.3, 0.4) is 0 Å². The van der Waals surface area contributed by atoms with Crippen LogP contribution < -0.4 is 5.73 Å². The molecule has 1 aliphatic carbocycles. The van der Waals surface area contributed by atoms with Crippen molar-refractivity contribution in [2.75, 3.05) is 5.73 Å². The molecule has 0 fully saturated rings. The first-order valence-electron chi connectivity index (χ1n) is 7.01. The molecule has 2 aromatic carbocycles. The molecule has 2 aromatic rings. The number of aryl methyl sites for hydroxylation is 1. The van der Waals surface area contributed by atoms with E-state index < -0.39 is 0 Å². The number of rotatable bonds is 1. The van der Waals surface area contributed by atoms with Gasteiger partial charge in [-0.15, -0.1) is 0 Å². The van der Waals surface area contributed by atoms with Crippen LogP contribution in [0.25, 0.3) is 11.1 Å². The molecule has 0 radical (unpaired) electrons. The maximum Gasteiger partial charge on any atom is 0.102 e. The number of nitrogens with two attached hydrogens (primary N) is 1. The van der Waals surface area contributed by atoms with Crippen LogP contribution in [0.15, 0.2) is 24.3 Å². The van der Waals surface area contributed by atoms with Crippen molar-refractivity contribution in [3.05, 3.63) is 52.1 Å². The van der Waals surface area contributed by atoms with Gasteiger partial charge in [0.05, 0.1) is 16.8 Å². The second-order valence-corrected chi connectivity index (χ2v) is 5.44. The largest absolute Gasteiger partial charge is 0.397 e. The number of hydrogen-bond donors (Lipinski definition) is 1. The lowest BCUT2D eigenvalue weighted by molar-refractivity contribution is 0.911. The topological polar surface area (TPSA) is 73.6 Å². The Kier molecular flexibility index (Phi) is 3.12. The molecule has 0 amide bonds. The molecule has 0 heterocycles. The van der Waals surface area contributed by atoms with Gasteiger partial charge in [-0.2, -0.15) is 10.5 Å². The monoisotopic (exact) mass is 273 g/mol. The molecule has 1 aliphatic rings. The average molecular weight is 273 g/mol. The molecule has 2 N–H and O–H groups in total. The third kappa shape index (κ3) is 1.95. The molecule has 102 valence electrons. The quantitative estimate of drug-likeness (QED) is 0.808. The lowest BCUT2D eigenvalue weighted by Gasteiger charge is -2.15. The van der Waals surface area contributed by atoms with Crippen LogP contribution in [0.5, 0.6) is 0 Å². The molecule has 3 rings (SSSR count). The Morgan fingerprint density at radius 1 is 0.952 bits per heavy atom. The van der Waals surface area contributed by atoms with Crippen molar-refractivity contribution >= 4 is 5.69 Å². The lowest BCUT2D eigenvalue weighted by Crippen LogP contribution is -2.04. The minimum absolute atomic E-state index is 0.330. The van der Waals surface area contributed by atoms with Crippen molar-refractivity contribution < 1.29 is 0 Å². The summed E-state index contributed by atoms with van der Waals surface area (Å²) in [6.07, 6.45) is 2.78. The Labute approximate surface area is 124 Å². The van der Waals surface area contributed by atoms with Crippen LogP contribution in [0.4, 0.5) is 5.69 Å².